The molecule has 0 unspecified atom stereocenters. The summed E-state index contributed by atoms with van der Waals surface area (Å²) in [6, 6.07) is 0. The number of hydrogen-bond donors (Lipinski definition) is 0. The predicted octanol–water partition coefficient (Wildman–Crippen LogP) is -1.10. The summed E-state index contributed by atoms with van der Waals surface area (Å²) >= 11 is 0. The third-order valence-electron chi connectivity index (χ3n) is 0. The fourth-order valence-electron chi connectivity index (χ4n) is 0. The van der Waals surface area contributed by atoms with Gasteiger partial charge in [-0.05, 0) is 6.92 Å². The number of carbonyl (C=O) groups is 1. The van der Waals surface area contributed by atoms with E-state index in [1.54, 1.807) is 0 Å². The maximum absolute atomic E-state index is 8.89. The van der Waals surface area contributed by atoms with Gasteiger partial charge < -0.3 is 19.9 Å². The zero-order valence-corrected chi connectivity index (χ0v) is 10.9. The summed E-state index contributed by atoms with van der Waals surface area (Å²) in [6.45, 7) is 0.972. The predicted molar refractivity (Wildman–Crippen MR) is 36.6 cm³/mol. The normalized spacial score (nSPS) is 7.73. The maximum Gasteiger partial charge on any atom is 0.0675 e. The first kappa shape index (κ1) is 22.5. The summed E-state index contributed by atoms with van der Waals surface area (Å²) in [7, 11) is 8.50. The Bertz CT molecular complexity index is 80.3. The van der Waals surface area contributed by atoms with Gasteiger partial charge in [0.05, 0.1) is 28.2 Å². The molecule has 1 N–H and O–H groups in total. The second kappa shape index (κ2) is 10.0. The van der Waals surface area contributed by atoms with Crippen LogP contribution in [0.5, 0.6) is 0 Å². The van der Waals surface area contributed by atoms with Crippen LogP contribution in [0, 0.1) is 0 Å². The van der Waals surface area contributed by atoms with Crippen molar-refractivity contribution in [2.75, 3.05) is 28.2 Å². The zero-order chi connectivity index (χ0) is 8.08. The number of carbonyl (C=O) groups excluding carboxylic acids is 1. The molecule has 66 valence electrons. The number of carboxylic acids is 1. The molecule has 4 nitrogen and oxygen atoms in total. The molecule has 0 bridgehead atoms. The van der Waals surface area contributed by atoms with Gasteiger partial charge in [-0.15, -0.1) is 0 Å². The maximum atomic E-state index is 8.89. The molecule has 0 aromatic heterocycles. The zero-order valence-electron chi connectivity index (χ0n) is 7.92. The van der Waals surface area contributed by atoms with Gasteiger partial charge in [0.2, 0.25) is 0 Å². The molecule has 0 saturated heterocycles. The molecule has 0 amide bonds. The Morgan fingerprint density at radius 1 is 1.18 bits per heavy atom. The van der Waals surface area contributed by atoms with Crippen molar-refractivity contribution in [3.8, 4) is 0 Å². The van der Waals surface area contributed by atoms with E-state index in [1.165, 1.54) is 0 Å². The number of quaternary nitrogens is 1. The Kier molecular flexibility index (Phi) is 20.4. The van der Waals surface area contributed by atoms with Crippen molar-refractivity contribution in [1.82, 2.24) is 0 Å². The van der Waals surface area contributed by atoms with Gasteiger partial charge in [0, 0.05) is 25.4 Å². The van der Waals surface area contributed by atoms with Crippen molar-refractivity contribution in [3.05, 3.63) is 0 Å². The largest absolute Gasteiger partial charge is 0.870 e. The molecule has 5 heteroatoms. The van der Waals surface area contributed by atoms with Crippen LogP contribution in [0.25, 0.3) is 0 Å². The van der Waals surface area contributed by atoms with E-state index in [1.807, 2.05) is 0 Å². The van der Waals surface area contributed by atoms with Crippen LogP contribution in [-0.2, 0) is 24.3 Å². The van der Waals surface area contributed by atoms with Crippen LogP contribution in [0.15, 0.2) is 0 Å². The van der Waals surface area contributed by atoms with Gasteiger partial charge in [0.15, 0.2) is 0 Å². The van der Waals surface area contributed by atoms with E-state index in [0.29, 0.717) is 0 Å². The van der Waals surface area contributed by atoms with Gasteiger partial charge >= 0.3 is 0 Å². The number of rotatable bonds is 0. The van der Waals surface area contributed by atoms with E-state index in [0.717, 1.165) is 11.4 Å². The summed E-state index contributed by atoms with van der Waals surface area (Å²) in [5, 5.41) is 8.89. The average molecular weight is 216 g/mol. The van der Waals surface area contributed by atoms with Crippen LogP contribution in [0.3, 0.4) is 0 Å². The standard InChI is InChI=1S/C4H12N.C2H4O2.H2O.Zn/c1-5(2,3)4;1-2(3)4;;/h1-4H3;1H3,(H,3,4);1H2;/q+1;;;/p-2. The molecule has 0 rings (SSSR count). The summed E-state index contributed by atoms with van der Waals surface area (Å²) in [6.07, 6.45) is 0. The van der Waals surface area contributed by atoms with E-state index in [2.05, 4.69) is 28.2 Å². The quantitative estimate of drug-likeness (QED) is 0.380. The van der Waals surface area contributed by atoms with Crippen LogP contribution in [0.1, 0.15) is 6.92 Å². The van der Waals surface area contributed by atoms with Crippen molar-refractivity contribution in [1.29, 1.82) is 0 Å². The minimum Gasteiger partial charge on any atom is -0.870 e. The van der Waals surface area contributed by atoms with E-state index < -0.39 is 5.97 Å². The van der Waals surface area contributed by atoms with Gasteiger partial charge in [-0.3, -0.25) is 0 Å². The summed E-state index contributed by atoms with van der Waals surface area (Å²) in [5.41, 5.74) is 0. The van der Waals surface area contributed by atoms with Gasteiger partial charge in [-0.25, -0.2) is 0 Å². The van der Waals surface area contributed by atoms with Crippen LogP contribution in [0.2, 0.25) is 0 Å². The third kappa shape index (κ3) is 3590000. The molecule has 0 saturated carbocycles. The van der Waals surface area contributed by atoms with Crippen molar-refractivity contribution in [3.63, 3.8) is 0 Å². The molecule has 0 spiro atoms. The van der Waals surface area contributed by atoms with E-state index >= 15 is 0 Å². The SMILES string of the molecule is CC(=O)[O-].C[N+](C)(C)C.[OH-].[Zn]. The number of aliphatic carboxylic acids is 1. The smallest absolute Gasteiger partial charge is 0.0675 e. The van der Waals surface area contributed by atoms with Crippen molar-refractivity contribution >= 4 is 5.97 Å². The molecule has 0 aromatic carbocycles. The van der Waals surface area contributed by atoms with Crippen molar-refractivity contribution in [2.45, 2.75) is 6.92 Å². The van der Waals surface area contributed by atoms with Crippen LogP contribution in [0.4, 0.5) is 0 Å². The van der Waals surface area contributed by atoms with Crippen LogP contribution in [-0.4, -0.2) is 44.1 Å². The van der Waals surface area contributed by atoms with Gasteiger partial charge in [0.25, 0.3) is 0 Å². The first-order valence-corrected chi connectivity index (χ1v) is 2.70. The second-order valence-corrected chi connectivity index (χ2v) is 3.17. The average Bonchev–Trinajstić information content (AvgIpc) is 1.19. The van der Waals surface area contributed by atoms with Crippen molar-refractivity contribution in [2.24, 2.45) is 0 Å². The molecule has 0 aliphatic carbocycles. The minimum atomic E-state index is -1.08. The topological polar surface area (TPSA) is 70.1 Å². The third-order valence-corrected chi connectivity index (χ3v) is 0. The number of carboxylic acid groups (broad SMARTS) is 1. The minimum absolute atomic E-state index is 0. The van der Waals surface area contributed by atoms with E-state index in [9.17, 15) is 0 Å². The Morgan fingerprint density at radius 2 is 1.18 bits per heavy atom. The Labute approximate surface area is 80.9 Å². The molecular formula is C6H16NO3Zn-. The molecule has 0 aliphatic rings. The second-order valence-electron chi connectivity index (χ2n) is 3.17. The molecule has 0 radical (unpaired) electrons. The summed E-state index contributed by atoms with van der Waals surface area (Å²) in [5.74, 6) is -1.08. The molecule has 11 heavy (non-hydrogen) atoms. The summed E-state index contributed by atoms with van der Waals surface area (Å²) < 4.78 is 1.00. The monoisotopic (exact) mass is 214 g/mol. The molecule has 0 aliphatic heterocycles. The van der Waals surface area contributed by atoms with Gasteiger partial charge in [-0.1, -0.05) is 0 Å². The fourth-order valence-corrected chi connectivity index (χ4v) is 0. The summed E-state index contributed by atoms with van der Waals surface area (Å²) in [4.78, 5) is 8.89. The Hall–Kier alpha value is 0.0134. The van der Waals surface area contributed by atoms with Gasteiger partial charge in [0.1, 0.15) is 0 Å². The number of nitrogens with zero attached hydrogens (tertiary/aromatic N) is 1. The molecule has 0 heterocycles. The molecule has 0 atom stereocenters. The Morgan fingerprint density at radius 3 is 1.18 bits per heavy atom. The van der Waals surface area contributed by atoms with Crippen molar-refractivity contribution < 1.29 is 39.3 Å². The fraction of sp³-hybridized carbons (Fsp3) is 0.833. The Balaban J connectivity index is -0.0000000383. The van der Waals surface area contributed by atoms with Gasteiger partial charge in [-0.2, -0.15) is 0 Å². The van der Waals surface area contributed by atoms with E-state index in [4.69, 9.17) is 9.90 Å². The van der Waals surface area contributed by atoms with Crippen LogP contribution >= 0.6 is 0 Å². The van der Waals surface area contributed by atoms with E-state index in [-0.39, 0.29) is 25.0 Å². The molecule has 0 aromatic rings. The first-order chi connectivity index (χ1) is 3.73. The first-order valence-electron chi connectivity index (χ1n) is 2.70. The molecular weight excluding hydrogens is 199 g/mol. The molecule has 0 fully saturated rings. The number of hydrogen-bond acceptors (Lipinski definition) is 3. The van der Waals surface area contributed by atoms with Crippen LogP contribution < -0.4 is 5.11 Å².